The van der Waals surface area contributed by atoms with Crippen LogP contribution in [0.15, 0.2) is 11.1 Å². The highest BCUT2D eigenvalue weighted by Crippen LogP contribution is 2.23. The van der Waals surface area contributed by atoms with Crippen molar-refractivity contribution in [1.29, 1.82) is 0 Å². The van der Waals surface area contributed by atoms with E-state index in [1.54, 1.807) is 11.8 Å². The van der Waals surface area contributed by atoms with Gasteiger partial charge in [-0.05, 0) is 26.2 Å². The average Bonchev–Trinajstić information content (AvgIpc) is 2.10. The minimum Gasteiger partial charge on any atom is -0.265 e. The van der Waals surface area contributed by atoms with Crippen LogP contribution in [0.4, 0.5) is 0 Å². The lowest BCUT2D eigenvalue weighted by Crippen LogP contribution is -2.20. The van der Waals surface area contributed by atoms with Crippen molar-refractivity contribution in [1.82, 2.24) is 5.48 Å². The molecule has 0 aliphatic carbocycles. The van der Waals surface area contributed by atoms with Crippen LogP contribution < -0.4 is 5.48 Å². The fourth-order valence-corrected chi connectivity index (χ4v) is 1.18. The van der Waals surface area contributed by atoms with Crippen molar-refractivity contribution in [2.75, 3.05) is 6.26 Å². The van der Waals surface area contributed by atoms with Crippen molar-refractivity contribution in [3.05, 3.63) is 11.1 Å². The molecule has 0 atom stereocenters. The van der Waals surface area contributed by atoms with Crippen LogP contribution in [-0.4, -0.2) is 11.9 Å². The second kappa shape index (κ2) is 2.23. The van der Waals surface area contributed by atoms with Gasteiger partial charge >= 0.3 is 0 Å². The molecule has 0 aromatic heterocycles. The average molecular weight is 145 g/mol. The van der Waals surface area contributed by atoms with E-state index >= 15 is 0 Å². The van der Waals surface area contributed by atoms with Gasteiger partial charge in [0.1, 0.15) is 5.60 Å². The first-order valence-electron chi connectivity index (χ1n) is 2.85. The summed E-state index contributed by atoms with van der Waals surface area (Å²) in [6, 6.07) is 0. The van der Waals surface area contributed by atoms with Gasteiger partial charge in [-0.15, -0.1) is 11.8 Å². The Balaban J connectivity index is 2.61. The first-order chi connectivity index (χ1) is 4.14. The lowest BCUT2D eigenvalue weighted by atomic mass is 10.1. The molecule has 1 aliphatic rings. The van der Waals surface area contributed by atoms with Crippen LogP contribution in [0.25, 0.3) is 0 Å². The van der Waals surface area contributed by atoms with Crippen molar-refractivity contribution in [3.8, 4) is 0 Å². The standard InChI is InChI=1S/C6H11NOS/c1-6(2)4-5(9-3)7-8-6/h4,7H,1-3H3. The van der Waals surface area contributed by atoms with E-state index in [2.05, 4.69) is 11.6 Å². The third kappa shape index (κ3) is 1.63. The number of hydrogen-bond donors (Lipinski definition) is 1. The SMILES string of the molecule is CSC1=CC(C)(C)ON1. The minimum atomic E-state index is -0.127. The predicted molar refractivity (Wildman–Crippen MR) is 39.9 cm³/mol. The highest BCUT2D eigenvalue weighted by Gasteiger charge is 2.22. The van der Waals surface area contributed by atoms with E-state index in [-0.39, 0.29) is 5.60 Å². The monoisotopic (exact) mass is 145 g/mol. The molecule has 0 fully saturated rings. The normalized spacial score (nSPS) is 23.2. The summed E-state index contributed by atoms with van der Waals surface area (Å²) in [5.74, 6) is 0. The molecule has 0 amide bonds. The third-order valence-electron chi connectivity index (χ3n) is 1.11. The molecule has 0 radical (unpaired) electrons. The van der Waals surface area contributed by atoms with Crippen LogP contribution in [0.3, 0.4) is 0 Å². The van der Waals surface area contributed by atoms with E-state index in [9.17, 15) is 0 Å². The molecule has 1 aliphatic heterocycles. The number of rotatable bonds is 1. The quantitative estimate of drug-likeness (QED) is 0.604. The smallest absolute Gasteiger partial charge is 0.111 e. The number of hydrogen-bond acceptors (Lipinski definition) is 3. The summed E-state index contributed by atoms with van der Waals surface area (Å²) in [7, 11) is 0. The van der Waals surface area contributed by atoms with E-state index in [1.807, 2.05) is 20.1 Å². The Bertz CT molecular complexity index is 142. The molecular weight excluding hydrogens is 134 g/mol. The molecule has 0 spiro atoms. The lowest BCUT2D eigenvalue weighted by Gasteiger charge is -2.11. The third-order valence-corrected chi connectivity index (χ3v) is 1.75. The molecule has 2 nitrogen and oxygen atoms in total. The highest BCUT2D eigenvalue weighted by molar-refractivity contribution is 8.02. The van der Waals surface area contributed by atoms with Gasteiger partial charge in [-0.2, -0.15) is 0 Å². The van der Waals surface area contributed by atoms with E-state index in [4.69, 9.17) is 4.84 Å². The Morgan fingerprint density at radius 2 is 2.33 bits per heavy atom. The summed E-state index contributed by atoms with van der Waals surface area (Å²) in [6.45, 7) is 4.03. The summed E-state index contributed by atoms with van der Waals surface area (Å²) in [5, 5.41) is 1.10. The largest absolute Gasteiger partial charge is 0.265 e. The number of hydroxylamine groups is 1. The number of thioether (sulfide) groups is 1. The highest BCUT2D eigenvalue weighted by atomic mass is 32.2. The lowest BCUT2D eigenvalue weighted by molar-refractivity contribution is -0.0126. The zero-order chi connectivity index (χ0) is 6.91. The molecule has 0 unspecified atom stereocenters. The second-order valence-corrected chi connectivity index (χ2v) is 3.37. The maximum Gasteiger partial charge on any atom is 0.111 e. The summed E-state index contributed by atoms with van der Waals surface area (Å²) in [4.78, 5) is 5.18. The molecule has 9 heavy (non-hydrogen) atoms. The Morgan fingerprint density at radius 3 is 2.56 bits per heavy atom. The van der Waals surface area contributed by atoms with Crippen LogP contribution in [0, 0.1) is 0 Å². The number of nitrogens with one attached hydrogen (secondary N) is 1. The minimum absolute atomic E-state index is 0.127. The van der Waals surface area contributed by atoms with Gasteiger partial charge in [-0.3, -0.25) is 10.3 Å². The van der Waals surface area contributed by atoms with Crippen molar-refractivity contribution >= 4 is 11.8 Å². The molecule has 0 bridgehead atoms. The van der Waals surface area contributed by atoms with Crippen LogP contribution in [0.2, 0.25) is 0 Å². The molecule has 1 heterocycles. The fraction of sp³-hybridized carbons (Fsp3) is 0.667. The summed E-state index contributed by atoms with van der Waals surface area (Å²) in [6.07, 6.45) is 4.08. The van der Waals surface area contributed by atoms with Crippen LogP contribution in [-0.2, 0) is 4.84 Å². The molecule has 1 N–H and O–H groups in total. The molecule has 0 saturated heterocycles. The fourth-order valence-electron chi connectivity index (χ4n) is 0.657. The summed E-state index contributed by atoms with van der Waals surface area (Å²) in [5.41, 5.74) is 2.69. The van der Waals surface area contributed by atoms with E-state index in [0.717, 1.165) is 5.03 Å². The first-order valence-corrected chi connectivity index (χ1v) is 4.07. The Hall–Kier alpha value is -0.150. The zero-order valence-corrected chi connectivity index (χ0v) is 6.71. The van der Waals surface area contributed by atoms with Crippen LogP contribution in [0.1, 0.15) is 13.8 Å². The van der Waals surface area contributed by atoms with E-state index in [1.165, 1.54) is 0 Å². The van der Waals surface area contributed by atoms with Gasteiger partial charge in [0.25, 0.3) is 0 Å². The van der Waals surface area contributed by atoms with E-state index < -0.39 is 0 Å². The van der Waals surface area contributed by atoms with Crippen molar-refractivity contribution < 1.29 is 4.84 Å². The second-order valence-electron chi connectivity index (χ2n) is 2.52. The molecule has 3 heteroatoms. The maximum absolute atomic E-state index is 5.18. The Kier molecular flexibility index (Phi) is 1.73. The van der Waals surface area contributed by atoms with Crippen LogP contribution >= 0.6 is 11.8 Å². The van der Waals surface area contributed by atoms with Gasteiger partial charge in [0.05, 0.1) is 5.03 Å². The van der Waals surface area contributed by atoms with Gasteiger partial charge in [-0.1, -0.05) is 0 Å². The Morgan fingerprint density at radius 1 is 1.67 bits per heavy atom. The zero-order valence-electron chi connectivity index (χ0n) is 5.89. The van der Waals surface area contributed by atoms with Crippen molar-refractivity contribution in [2.24, 2.45) is 0 Å². The van der Waals surface area contributed by atoms with Gasteiger partial charge in [0.2, 0.25) is 0 Å². The van der Waals surface area contributed by atoms with E-state index in [0.29, 0.717) is 0 Å². The summed E-state index contributed by atoms with van der Waals surface area (Å²) < 4.78 is 0. The van der Waals surface area contributed by atoms with Gasteiger partial charge in [0, 0.05) is 0 Å². The predicted octanol–water partition coefficient (Wildman–Crippen LogP) is 1.50. The van der Waals surface area contributed by atoms with Crippen LogP contribution in [0.5, 0.6) is 0 Å². The van der Waals surface area contributed by atoms with Gasteiger partial charge in [-0.25, -0.2) is 0 Å². The topological polar surface area (TPSA) is 21.3 Å². The first kappa shape index (κ1) is 6.96. The van der Waals surface area contributed by atoms with Gasteiger partial charge < -0.3 is 0 Å². The Labute approximate surface area is 59.6 Å². The molecule has 52 valence electrons. The molecule has 0 aromatic rings. The molecule has 1 rings (SSSR count). The van der Waals surface area contributed by atoms with Gasteiger partial charge in [0.15, 0.2) is 0 Å². The molecule has 0 aromatic carbocycles. The molecule has 0 saturated carbocycles. The summed E-state index contributed by atoms with van der Waals surface area (Å²) >= 11 is 1.66. The van der Waals surface area contributed by atoms with Crippen molar-refractivity contribution in [2.45, 2.75) is 19.4 Å². The van der Waals surface area contributed by atoms with Crippen molar-refractivity contribution in [3.63, 3.8) is 0 Å². The maximum atomic E-state index is 5.18. The molecular formula is C6H11NOS.